The normalized spacial score (nSPS) is 18.2. The minimum Gasteiger partial charge on any atom is -0.481 e. The molecule has 5 heteroatoms. The number of rotatable bonds is 2. The monoisotopic (exact) mass is 275 g/mol. The highest BCUT2D eigenvalue weighted by molar-refractivity contribution is 6.30. The number of carboxylic acids is 1. The van der Waals surface area contributed by atoms with Crippen LogP contribution in [0.2, 0.25) is 5.02 Å². The quantitative estimate of drug-likeness (QED) is 0.872. The lowest BCUT2D eigenvalue weighted by Crippen LogP contribution is -2.45. The molecule has 0 amide bonds. The van der Waals surface area contributed by atoms with E-state index in [0.717, 1.165) is 18.7 Å². The van der Waals surface area contributed by atoms with Crippen LogP contribution in [-0.2, 0) is 10.2 Å². The summed E-state index contributed by atoms with van der Waals surface area (Å²) in [5.74, 6) is -0.740. The van der Waals surface area contributed by atoms with Crippen LogP contribution >= 0.6 is 24.0 Å². The van der Waals surface area contributed by atoms with Crippen molar-refractivity contribution in [2.75, 3.05) is 13.1 Å². The molecule has 0 aliphatic carbocycles. The number of carbonyl (C=O) groups is 1. The minimum absolute atomic E-state index is 0. The Hall–Kier alpha value is -0.770. The lowest BCUT2D eigenvalue weighted by Gasteiger charge is -2.34. The van der Waals surface area contributed by atoms with Gasteiger partial charge in [-0.05, 0) is 43.6 Å². The Morgan fingerprint density at radius 1 is 1.24 bits per heavy atom. The van der Waals surface area contributed by atoms with Crippen LogP contribution in [0.3, 0.4) is 0 Å². The van der Waals surface area contributed by atoms with Gasteiger partial charge in [0.1, 0.15) is 0 Å². The van der Waals surface area contributed by atoms with E-state index >= 15 is 0 Å². The van der Waals surface area contributed by atoms with Gasteiger partial charge in [0.15, 0.2) is 0 Å². The topological polar surface area (TPSA) is 49.3 Å². The highest BCUT2D eigenvalue weighted by atomic mass is 35.5. The molecule has 1 aromatic rings. The minimum atomic E-state index is -0.740. The molecule has 1 aliphatic heterocycles. The van der Waals surface area contributed by atoms with E-state index < -0.39 is 11.4 Å². The Balaban J connectivity index is 0.00000144. The van der Waals surface area contributed by atoms with Crippen LogP contribution in [0.15, 0.2) is 24.3 Å². The fraction of sp³-hybridized carbons (Fsp3) is 0.417. The Labute approximate surface area is 112 Å². The van der Waals surface area contributed by atoms with E-state index in [0.29, 0.717) is 17.9 Å². The molecular weight excluding hydrogens is 261 g/mol. The Bertz CT molecular complexity index is 386. The van der Waals surface area contributed by atoms with Gasteiger partial charge < -0.3 is 10.4 Å². The van der Waals surface area contributed by atoms with Crippen molar-refractivity contribution >= 4 is 30.0 Å². The van der Waals surface area contributed by atoms with E-state index in [4.69, 9.17) is 11.6 Å². The molecule has 0 unspecified atom stereocenters. The summed E-state index contributed by atoms with van der Waals surface area (Å²) in [7, 11) is 0. The summed E-state index contributed by atoms with van der Waals surface area (Å²) in [5.41, 5.74) is 0.112. The van der Waals surface area contributed by atoms with Crippen LogP contribution in [0.25, 0.3) is 0 Å². The Kier molecular flexibility index (Phi) is 4.80. The van der Waals surface area contributed by atoms with Gasteiger partial charge in [0.2, 0.25) is 0 Å². The molecular formula is C12H15Cl2NO2. The van der Waals surface area contributed by atoms with Crippen LogP contribution in [0, 0.1) is 0 Å². The van der Waals surface area contributed by atoms with Crippen molar-refractivity contribution in [2.24, 2.45) is 0 Å². The first-order valence-corrected chi connectivity index (χ1v) is 5.73. The van der Waals surface area contributed by atoms with E-state index in [1.165, 1.54) is 0 Å². The van der Waals surface area contributed by atoms with E-state index in [-0.39, 0.29) is 12.4 Å². The van der Waals surface area contributed by atoms with Gasteiger partial charge in [0.25, 0.3) is 0 Å². The Morgan fingerprint density at radius 2 is 1.76 bits per heavy atom. The second-order valence-corrected chi connectivity index (χ2v) is 4.58. The molecule has 1 heterocycles. The fourth-order valence-corrected chi connectivity index (χ4v) is 2.37. The third-order valence-electron chi connectivity index (χ3n) is 3.26. The molecule has 0 aromatic heterocycles. The maximum atomic E-state index is 11.5. The lowest BCUT2D eigenvalue weighted by molar-refractivity contribution is -0.145. The molecule has 17 heavy (non-hydrogen) atoms. The summed E-state index contributed by atoms with van der Waals surface area (Å²) in [5, 5.41) is 13.3. The lowest BCUT2D eigenvalue weighted by atomic mass is 9.73. The number of piperidine rings is 1. The van der Waals surface area contributed by atoms with Crippen molar-refractivity contribution in [1.82, 2.24) is 5.32 Å². The average Bonchev–Trinajstić information content (AvgIpc) is 2.30. The first-order valence-electron chi connectivity index (χ1n) is 5.35. The van der Waals surface area contributed by atoms with Gasteiger partial charge in [-0.25, -0.2) is 0 Å². The summed E-state index contributed by atoms with van der Waals surface area (Å²) in [4.78, 5) is 11.5. The third-order valence-corrected chi connectivity index (χ3v) is 3.52. The highest BCUT2D eigenvalue weighted by Crippen LogP contribution is 2.34. The Morgan fingerprint density at radius 3 is 2.24 bits per heavy atom. The number of hydrogen-bond acceptors (Lipinski definition) is 2. The molecule has 1 fully saturated rings. The standard InChI is InChI=1S/C12H14ClNO2.ClH/c13-10-3-1-9(2-4-10)12(11(15)16)5-7-14-8-6-12;/h1-4,14H,5-8H2,(H,15,16);1H. The first-order chi connectivity index (χ1) is 7.65. The maximum absolute atomic E-state index is 11.5. The van der Waals surface area contributed by atoms with Crippen LogP contribution in [-0.4, -0.2) is 24.2 Å². The van der Waals surface area contributed by atoms with Gasteiger partial charge in [-0.1, -0.05) is 23.7 Å². The fourth-order valence-electron chi connectivity index (χ4n) is 2.25. The third kappa shape index (κ3) is 2.73. The van der Waals surface area contributed by atoms with Crippen LogP contribution in [0.1, 0.15) is 18.4 Å². The van der Waals surface area contributed by atoms with Crippen LogP contribution < -0.4 is 5.32 Å². The molecule has 2 rings (SSSR count). The predicted octanol–water partition coefficient (Wildman–Crippen LogP) is 2.47. The second-order valence-electron chi connectivity index (χ2n) is 4.14. The molecule has 94 valence electrons. The van der Waals surface area contributed by atoms with Crippen molar-refractivity contribution in [3.8, 4) is 0 Å². The van der Waals surface area contributed by atoms with Crippen molar-refractivity contribution in [2.45, 2.75) is 18.3 Å². The van der Waals surface area contributed by atoms with E-state index in [2.05, 4.69) is 5.32 Å². The zero-order valence-electron chi connectivity index (χ0n) is 9.28. The number of halogens is 2. The first kappa shape index (κ1) is 14.3. The van der Waals surface area contributed by atoms with Crippen molar-refractivity contribution < 1.29 is 9.90 Å². The zero-order chi connectivity index (χ0) is 11.6. The largest absolute Gasteiger partial charge is 0.481 e. The summed E-state index contributed by atoms with van der Waals surface area (Å²) in [6, 6.07) is 7.15. The molecule has 0 spiro atoms. The molecule has 3 nitrogen and oxygen atoms in total. The molecule has 0 bridgehead atoms. The summed E-state index contributed by atoms with van der Waals surface area (Å²) >= 11 is 5.82. The maximum Gasteiger partial charge on any atom is 0.314 e. The summed E-state index contributed by atoms with van der Waals surface area (Å²) in [6.45, 7) is 1.49. The number of carboxylic acid groups (broad SMARTS) is 1. The van der Waals surface area contributed by atoms with Crippen molar-refractivity contribution in [3.05, 3.63) is 34.9 Å². The van der Waals surface area contributed by atoms with Gasteiger partial charge in [0, 0.05) is 5.02 Å². The second kappa shape index (κ2) is 5.71. The molecule has 2 N–H and O–H groups in total. The summed E-state index contributed by atoms with van der Waals surface area (Å²) < 4.78 is 0. The number of benzene rings is 1. The van der Waals surface area contributed by atoms with E-state index in [1.807, 2.05) is 12.1 Å². The predicted molar refractivity (Wildman–Crippen MR) is 70.1 cm³/mol. The number of nitrogens with one attached hydrogen (secondary N) is 1. The number of aliphatic carboxylic acids is 1. The van der Waals surface area contributed by atoms with Gasteiger partial charge in [-0.2, -0.15) is 0 Å². The number of hydrogen-bond donors (Lipinski definition) is 2. The zero-order valence-corrected chi connectivity index (χ0v) is 10.9. The van der Waals surface area contributed by atoms with Crippen LogP contribution in [0.5, 0.6) is 0 Å². The van der Waals surface area contributed by atoms with Crippen molar-refractivity contribution in [1.29, 1.82) is 0 Å². The average molecular weight is 276 g/mol. The van der Waals surface area contributed by atoms with Crippen LogP contribution in [0.4, 0.5) is 0 Å². The summed E-state index contributed by atoms with van der Waals surface area (Å²) in [6.07, 6.45) is 1.26. The molecule has 1 saturated heterocycles. The van der Waals surface area contributed by atoms with E-state index in [9.17, 15) is 9.90 Å². The smallest absolute Gasteiger partial charge is 0.314 e. The van der Waals surface area contributed by atoms with Crippen molar-refractivity contribution in [3.63, 3.8) is 0 Å². The molecule has 0 atom stereocenters. The van der Waals surface area contributed by atoms with Gasteiger partial charge in [-0.3, -0.25) is 4.79 Å². The molecule has 0 saturated carbocycles. The molecule has 1 aromatic carbocycles. The van der Waals surface area contributed by atoms with Gasteiger partial charge in [-0.15, -0.1) is 12.4 Å². The molecule has 0 radical (unpaired) electrons. The highest BCUT2D eigenvalue weighted by Gasteiger charge is 2.41. The van der Waals surface area contributed by atoms with E-state index in [1.54, 1.807) is 12.1 Å². The van der Waals surface area contributed by atoms with Gasteiger partial charge in [0.05, 0.1) is 5.41 Å². The molecule has 1 aliphatic rings. The van der Waals surface area contributed by atoms with Gasteiger partial charge >= 0.3 is 5.97 Å². The SMILES string of the molecule is Cl.O=C(O)C1(c2ccc(Cl)cc2)CCNCC1.